The van der Waals surface area contributed by atoms with Crippen LogP contribution in [0.15, 0.2) is 0 Å². The van der Waals surface area contributed by atoms with E-state index in [4.69, 9.17) is 0 Å². The van der Waals surface area contributed by atoms with Crippen LogP contribution in [0.2, 0.25) is 0 Å². The molecule has 19 heavy (non-hydrogen) atoms. The van der Waals surface area contributed by atoms with Gasteiger partial charge in [-0.05, 0) is 51.9 Å². The van der Waals surface area contributed by atoms with Crippen LogP contribution in [0.1, 0.15) is 52.4 Å². The number of aliphatic carboxylic acids is 1. The first-order valence-electron chi connectivity index (χ1n) is 7.26. The van der Waals surface area contributed by atoms with Gasteiger partial charge in [-0.3, -0.25) is 0 Å². The predicted molar refractivity (Wildman–Crippen MR) is 71.9 cm³/mol. The Labute approximate surface area is 114 Å². The lowest BCUT2D eigenvalue weighted by Gasteiger charge is -2.42. The molecular weight excluding hydrogens is 244 g/mol. The topological polar surface area (TPSA) is 69.6 Å². The summed E-state index contributed by atoms with van der Waals surface area (Å²) < 4.78 is 0. The third-order valence-corrected chi connectivity index (χ3v) is 4.81. The summed E-state index contributed by atoms with van der Waals surface area (Å²) >= 11 is 0. The fourth-order valence-electron chi connectivity index (χ4n) is 3.00. The average molecular weight is 268 g/mol. The second-order valence-electron chi connectivity index (χ2n) is 6.12. The monoisotopic (exact) mass is 268 g/mol. The fourth-order valence-corrected chi connectivity index (χ4v) is 3.00. The quantitative estimate of drug-likeness (QED) is 0.824. The summed E-state index contributed by atoms with van der Waals surface area (Å²) in [4.78, 5) is 25.3. The number of nitrogens with zero attached hydrogens (tertiary/aromatic N) is 1. The van der Waals surface area contributed by atoms with E-state index in [2.05, 4.69) is 5.32 Å². The number of nitrogens with one attached hydrogen (secondary N) is 1. The molecule has 1 saturated carbocycles. The minimum absolute atomic E-state index is 0.140. The molecule has 108 valence electrons. The van der Waals surface area contributed by atoms with E-state index in [0.717, 1.165) is 25.7 Å². The Morgan fingerprint density at radius 3 is 2.53 bits per heavy atom. The zero-order valence-electron chi connectivity index (χ0n) is 11.8. The number of hydrogen-bond donors (Lipinski definition) is 2. The first kappa shape index (κ1) is 14.2. The van der Waals surface area contributed by atoms with Crippen LogP contribution in [0, 0.1) is 5.92 Å². The maximum absolute atomic E-state index is 12.3. The molecule has 2 rings (SSSR count). The molecule has 2 amide bonds. The molecule has 1 aliphatic carbocycles. The summed E-state index contributed by atoms with van der Waals surface area (Å²) in [6.07, 6.45) is 5.85. The maximum atomic E-state index is 12.3. The molecule has 2 unspecified atom stereocenters. The van der Waals surface area contributed by atoms with E-state index in [1.807, 2.05) is 6.92 Å². The van der Waals surface area contributed by atoms with Gasteiger partial charge in [0.15, 0.2) is 0 Å². The third kappa shape index (κ3) is 2.69. The van der Waals surface area contributed by atoms with Gasteiger partial charge in [-0.2, -0.15) is 0 Å². The number of carboxylic acid groups (broad SMARTS) is 1. The number of carbonyl (C=O) groups excluding carboxylic acids is 1. The number of piperidine rings is 1. The molecule has 5 heteroatoms. The van der Waals surface area contributed by atoms with Crippen LogP contribution >= 0.6 is 0 Å². The van der Waals surface area contributed by atoms with Gasteiger partial charge in [-0.15, -0.1) is 0 Å². The van der Waals surface area contributed by atoms with Crippen LogP contribution in [0.3, 0.4) is 0 Å². The van der Waals surface area contributed by atoms with Crippen LogP contribution in [-0.4, -0.2) is 40.1 Å². The molecule has 0 spiro atoms. The van der Waals surface area contributed by atoms with Crippen molar-refractivity contribution in [3.63, 3.8) is 0 Å². The minimum Gasteiger partial charge on any atom is -0.480 e. The predicted octanol–water partition coefficient (Wildman–Crippen LogP) is 2.21. The van der Waals surface area contributed by atoms with Crippen molar-refractivity contribution in [1.29, 1.82) is 0 Å². The summed E-state index contributed by atoms with van der Waals surface area (Å²) in [5.74, 6) is -0.344. The van der Waals surface area contributed by atoms with E-state index in [1.165, 1.54) is 11.3 Å². The molecule has 0 radical (unpaired) electrons. The van der Waals surface area contributed by atoms with Crippen molar-refractivity contribution in [3.05, 3.63) is 0 Å². The van der Waals surface area contributed by atoms with Crippen molar-refractivity contribution in [3.8, 4) is 0 Å². The summed E-state index contributed by atoms with van der Waals surface area (Å²) in [7, 11) is 0. The van der Waals surface area contributed by atoms with Gasteiger partial charge in [0.05, 0.1) is 0 Å². The fraction of sp³-hybridized carbons (Fsp3) is 0.857. The zero-order valence-corrected chi connectivity index (χ0v) is 11.8. The van der Waals surface area contributed by atoms with Gasteiger partial charge < -0.3 is 15.3 Å². The molecular formula is C14H24N2O3. The molecule has 5 nitrogen and oxygen atoms in total. The van der Waals surface area contributed by atoms with Gasteiger partial charge in [0.25, 0.3) is 0 Å². The van der Waals surface area contributed by atoms with Gasteiger partial charge in [-0.25, -0.2) is 9.59 Å². The lowest BCUT2D eigenvalue weighted by atomic mass is 9.80. The van der Waals surface area contributed by atoms with E-state index in [0.29, 0.717) is 18.9 Å². The second kappa shape index (κ2) is 5.39. The molecule has 2 atom stereocenters. The highest BCUT2D eigenvalue weighted by atomic mass is 16.4. The van der Waals surface area contributed by atoms with E-state index in [9.17, 15) is 14.7 Å². The lowest BCUT2D eigenvalue weighted by molar-refractivity contribution is -0.150. The van der Waals surface area contributed by atoms with E-state index in [-0.39, 0.29) is 12.1 Å². The number of likely N-dealkylation sites (tertiary alicyclic amines) is 1. The van der Waals surface area contributed by atoms with Crippen LogP contribution in [0.4, 0.5) is 4.79 Å². The van der Waals surface area contributed by atoms with Crippen LogP contribution in [-0.2, 0) is 4.79 Å². The van der Waals surface area contributed by atoms with Crippen molar-refractivity contribution >= 4 is 12.0 Å². The number of urea groups is 1. The van der Waals surface area contributed by atoms with Gasteiger partial charge in [0.1, 0.15) is 5.54 Å². The molecule has 2 N–H and O–H groups in total. The Kier molecular flexibility index (Phi) is 4.02. The molecule has 0 aromatic rings. The van der Waals surface area contributed by atoms with Crippen LogP contribution in [0.25, 0.3) is 0 Å². The third-order valence-electron chi connectivity index (χ3n) is 4.81. The maximum Gasteiger partial charge on any atom is 0.329 e. The van der Waals surface area contributed by atoms with Crippen molar-refractivity contribution in [2.45, 2.75) is 64.0 Å². The Bertz CT molecular complexity index is 368. The van der Waals surface area contributed by atoms with Crippen molar-refractivity contribution < 1.29 is 14.7 Å². The molecule has 1 saturated heterocycles. The lowest BCUT2D eigenvalue weighted by Crippen LogP contribution is -2.61. The first-order chi connectivity index (χ1) is 8.95. The summed E-state index contributed by atoms with van der Waals surface area (Å²) in [6.45, 7) is 4.21. The van der Waals surface area contributed by atoms with E-state index < -0.39 is 11.5 Å². The zero-order chi connectivity index (χ0) is 14.0. The Hall–Kier alpha value is -1.26. The standard InChI is InChI=1S/C14H24N2O3/c1-10(11-6-5-7-11)15-13(19)16-9-4-3-8-14(16,2)12(17)18/h10-11H,3-9H2,1-2H3,(H,15,19)(H,17,18). The average Bonchev–Trinajstić information content (AvgIpc) is 2.26. The molecule has 0 aromatic carbocycles. The SMILES string of the molecule is CC(NC(=O)N1CCCCC1(C)C(=O)O)C1CCC1. The number of amides is 2. The summed E-state index contributed by atoms with van der Waals surface area (Å²) in [5, 5.41) is 12.4. The normalized spacial score (nSPS) is 29.5. The molecule has 2 fully saturated rings. The van der Waals surface area contributed by atoms with Gasteiger partial charge >= 0.3 is 12.0 Å². The number of carbonyl (C=O) groups is 2. The highest BCUT2D eigenvalue weighted by Crippen LogP contribution is 2.31. The first-order valence-corrected chi connectivity index (χ1v) is 7.26. The Morgan fingerprint density at radius 2 is 2.00 bits per heavy atom. The molecule has 1 heterocycles. The molecule has 0 aromatic heterocycles. The number of carboxylic acids is 1. The van der Waals surface area contributed by atoms with Gasteiger partial charge in [0.2, 0.25) is 0 Å². The second-order valence-corrected chi connectivity index (χ2v) is 6.12. The smallest absolute Gasteiger partial charge is 0.329 e. The summed E-state index contributed by atoms with van der Waals surface area (Å²) in [6, 6.07) is -0.0785. The molecule has 2 aliphatic rings. The van der Waals surface area contributed by atoms with Gasteiger partial charge in [-0.1, -0.05) is 6.42 Å². The highest BCUT2D eigenvalue weighted by Gasteiger charge is 2.44. The van der Waals surface area contributed by atoms with Crippen LogP contribution in [0.5, 0.6) is 0 Å². The highest BCUT2D eigenvalue weighted by molar-refractivity contribution is 5.86. The largest absolute Gasteiger partial charge is 0.480 e. The summed E-state index contributed by atoms with van der Waals surface area (Å²) in [5.41, 5.74) is -1.05. The van der Waals surface area contributed by atoms with Crippen molar-refractivity contribution in [2.75, 3.05) is 6.54 Å². The molecule has 1 aliphatic heterocycles. The van der Waals surface area contributed by atoms with E-state index >= 15 is 0 Å². The van der Waals surface area contributed by atoms with Gasteiger partial charge in [0, 0.05) is 12.6 Å². The van der Waals surface area contributed by atoms with Crippen molar-refractivity contribution in [2.24, 2.45) is 5.92 Å². The van der Waals surface area contributed by atoms with Crippen molar-refractivity contribution in [1.82, 2.24) is 10.2 Å². The van der Waals surface area contributed by atoms with E-state index in [1.54, 1.807) is 6.92 Å². The minimum atomic E-state index is -1.05. The Morgan fingerprint density at radius 1 is 1.32 bits per heavy atom. The molecule has 0 bridgehead atoms. The number of rotatable bonds is 3. The Balaban J connectivity index is 2.01. The van der Waals surface area contributed by atoms with Crippen LogP contribution < -0.4 is 5.32 Å². The number of hydrogen-bond acceptors (Lipinski definition) is 2.